The Balaban J connectivity index is 0.00000268. The van der Waals surface area contributed by atoms with Crippen LogP contribution in [0.5, 0.6) is 0 Å². The third-order valence-electron chi connectivity index (χ3n) is 6.30. The Hall–Kier alpha value is -2.62. The van der Waals surface area contributed by atoms with E-state index in [9.17, 15) is 9.59 Å². The molecule has 0 aliphatic carbocycles. The van der Waals surface area contributed by atoms with Gasteiger partial charge in [-0.2, -0.15) is 11.8 Å². The zero-order valence-electron chi connectivity index (χ0n) is 30.3. The lowest BCUT2D eigenvalue weighted by Gasteiger charge is -2.21. The number of hydrogen-bond acceptors (Lipinski definition) is 8. The lowest BCUT2D eigenvalue weighted by Crippen LogP contribution is -2.37. The number of anilines is 1. The van der Waals surface area contributed by atoms with Gasteiger partial charge in [-0.25, -0.2) is 4.79 Å². The fraction of sp³-hybridized carbons (Fsp3) is 0.568. The zero-order chi connectivity index (χ0) is 35.1. The van der Waals surface area contributed by atoms with Crippen molar-refractivity contribution < 1.29 is 19.1 Å². The van der Waals surface area contributed by atoms with Gasteiger partial charge in [0.05, 0.1) is 13.2 Å². The van der Waals surface area contributed by atoms with Crippen molar-refractivity contribution in [1.29, 1.82) is 0 Å². The van der Waals surface area contributed by atoms with Gasteiger partial charge in [-0.05, 0) is 86.7 Å². The van der Waals surface area contributed by atoms with Crippen LogP contribution in [0.25, 0.3) is 11.1 Å². The van der Waals surface area contributed by atoms with Crippen molar-refractivity contribution in [2.24, 2.45) is 0 Å². The predicted octanol–water partition coefficient (Wildman–Crippen LogP) is 9.64. The SMILES string of the molecule is C=C(OC)C(CCSC)NC(=O)c1ccc(NC[C@@H]2CC(SC(=O)OC(C)(C)C)CN2)cc1-c1ccccc1.CC.CC.CCC. The van der Waals surface area contributed by atoms with Gasteiger partial charge in [-0.1, -0.05) is 84.9 Å². The molecular weight excluding hydrogens is 615 g/mol. The Morgan fingerprint density at radius 1 is 1.07 bits per heavy atom. The van der Waals surface area contributed by atoms with Crippen LogP contribution in [0.4, 0.5) is 10.5 Å². The highest BCUT2D eigenvalue weighted by Crippen LogP contribution is 2.29. The van der Waals surface area contributed by atoms with Crippen LogP contribution in [0, 0.1) is 0 Å². The smallest absolute Gasteiger partial charge is 0.368 e. The van der Waals surface area contributed by atoms with Gasteiger partial charge in [-0.3, -0.25) is 4.79 Å². The summed E-state index contributed by atoms with van der Waals surface area (Å²) in [6.07, 6.45) is 4.89. The molecule has 1 heterocycles. The number of thioether (sulfide) groups is 2. The zero-order valence-corrected chi connectivity index (χ0v) is 31.9. The summed E-state index contributed by atoms with van der Waals surface area (Å²) >= 11 is 2.98. The Morgan fingerprint density at radius 3 is 2.26 bits per heavy atom. The van der Waals surface area contributed by atoms with E-state index in [1.165, 1.54) is 18.2 Å². The molecule has 3 atom stereocenters. The molecule has 2 aromatic carbocycles. The summed E-state index contributed by atoms with van der Waals surface area (Å²) in [6.45, 7) is 23.3. The molecule has 1 saturated heterocycles. The van der Waals surface area contributed by atoms with E-state index in [1.807, 2.05) is 103 Å². The van der Waals surface area contributed by atoms with Gasteiger partial charge in [0.15, 0.2) is 0 Å². The number of amides is 1. The van der Waals surface area contributed by atoms with Gasteiger partial charge >= 0.3 is 5.30 Å². The van der Waals surface area contributed by atoms with E-state index >= 15 is 0 Å². The van der Waals surface area contributed by atoms with Crippen molar-refractivity contribution in [3.8, 4) is 11.1 Å². The molecule has 0 radical (unpaired) electrons. The first kappa shape index (κ1) is 43.4. The van der Waals surface area contributed by atoms with Crippen LogP contribution in [-0.2, 0) is 9.47 Å². The number of carbonyl (C=O) groups excluding carboxylic acids is 2. The van der Waals surface area contributed by atoms with Crippen LogP contribution in [0.15, 0.2) is 60.9 Å². The lowest BCUT2D eigenvalue weighted by molar-refractivity contribution is 0.0736. The van der Waals surface area contributed by atoms with Crippen LogP contribution in [0.1, 0.15) is 91.9 Å². The van der Waals surface area contributed by atoms with Gasteiger partial charge in [0, 0.05) is 35.6 Å². The van der Waals surface area contributed by atoms with E-state index in [-0.39, 0.29) is 28.5 Å². The topological polar surface area (TPSA) is 88.7 Å². The monoisotopic (exact) mass is 675 g/mol. The molecule has 1 amide bonds. The van der Waals surface area contributed by atoms with Gasteiger partial charge < -0.3 is 25.4 Å². The number of benzene rings is 2. The van der Waals surface area contributed by atoms with E-state index in [1.54, 1.807) is 18.9 Å². The van der Waals surface area contributed by atoms with Crippen molar-refractivity contribution in [3.05, 3.63) is 66.4 Å². The minimum Gasteiger partial charge on any atom is -0.500 e. The maximum Gasteiger partial charge on any atom is 0.368 e. The molecule has 3 N–H and O–H groups in total. The maximum atomic E-state index is 13.4. The Labute approximate surface area is 288 Å². The Morgan fingerprint density at radius 2 is 1.70 bits per heavy atom. The number of hydrogen-bond donors (Lipinski definition) is 3. The predicted molar refractivity (Wildman–Crippen MR) is 203 cm³/mol. The van der Waals surface area contributed by atoms with Crippen LogP contribution in [0.3, 0.4) is 0 Å². The summed E-state index contributed by atoms with van der Waals surface area (Å²) in [6, 6.07) is 15.7. The number of carbonyl (C=O) groups is 2. The summed E-state index contributed by atoms with van der Waals surface area (Å²) in [5.41, 5.74) is 2.85. The highest BCUT2D eigenvalue weighted by atomic mass is 32.2. The summed E-state index contributed by atoms with van der Waals surface area (Å²) in [4.78, 5) is 25.6. The summed E-state index contributed by atoms with van der Waals surface area (Å²) < 4.78 is 10.8. The highest BCUT2D eigenvalue weighted by Gasteiger charge is 2.29. The third-order valence-corrected chi connectivity index (χ3v) is 7.91. The average molecular weight is 676 g/mol. The molecule has 46 heavy (non-hydrogen) atoms. The second-order valence-corrected chi connectivity index (χ2v) is 13.5. The quantitative estimate of drug-likeness (QED) is 0.151. The van der Waals surface area contributed by atoms with Crippen molar-refractivity contribution in [1.82, 2.24) is 10.6 Å². The van der Waals surface area contributed by atoms with E-state index in [4.69, 9.17) is 9.47 Å². The third kappa shape index (κ3) is 16.8. The molecule has 1 fully saturated rings. The van der Waals surface area contributed by atoms with Crippen molar-refractivity contribution >= 4 is 40.4 Å². The van der Waals surface area contributed by atoms with Gasteiger partial charge in [0.1, 0.15) is 11.4 Å². The van der Waals surface area contributed by atoms with Gasteiger partial charge in [0.25, 0.3) is 5.91 Å². The minimum atomic E-state index is -0.482. The second kappa shape index (κ2) is 24.5. The lowest BCUT2D eigenvalue weighted by atomic mass is 9.97. The number of methoxy groups -OCH3 is 1. The second-order valence-electron chi connectivity index (χ2n) is 11.2. The number of nitrogens with one attached hydrogen (secondary N) is 3. The summed E-state index contributed by atoms with van der Waals surface area (Å²) in [5, 5.41) is 10.1. The molecule has 260 valence electrons. The maximum absolute atomic E-state index is 13.4. The number of rotatable bonds is 12. The van der Waals surface area contributed by atoms with Gasteiger partial charge in [-0.15, -0.1) is 0 Å². The Bertz CT molecular complexity index is 1140. The normalized spacial score (nSPS) is 15.7. The summed E-state index contributed by atoms with van der Waals surface area (Å²) in [5.74, 6) is 1.27. The highest BCUT2D eigenvalue weighted by molar-refractivity contribution is 8.13. The van der Waals surface area contributed by atoms with Crippen molar-refractivity contribution in [3.63, 3.8) is 0 Å². The van der Waals surface area contributed by atoms with E-state index in [0.29, 0.717) is 17.9 Å². The van der Waals surface area contributed by atoms with E-state index in [0.717, 1.165) is 42.0 Å². The average Bonchev–Trinajstić information content (AvgIpc) is 3.50. The van der Waals surface area contributed by atoms with Crippen LogP contribution in [-0.4, -0.2) is 66.4 Å². The standard InChI is InChI=1S/C30H41N3O4S2.C3H8.2C2H6/c1-20(36-5)27(14-15-38-6)33-28(34)25-13-12-22(17-26(25)21-10-8-7-9-11-21)31-18-23-16-24(19-32-23)39-29(35)37-30(2,3)4;1-3-2;2*1-2/h7-13,17,23-24,27,31-32H,1,14-16,18-19H2,2-6H3,(H,33,34);3H2,1-2H3;2*1-2H3/t23-,24?,27?;;;/m0.../s1. The molecule has 1 aliphatic heterocycles. The fourth-order valence-electron chi connectivity index (χ4n) is 4.31. The first-order chi connectivity index (χ1) is 22.0. The molecule has 7 nitrogen and oxygen atoms in total. The molecule has 0 saturated carbocycles. The molecule has 0 bridgehead atoms. The van der Waals surface area contributed by atoms with Gasteiger partial charge in [0.2, 0.25) is 0 Å². The van der Waals surface area contributed by atoms with Crippen LogP contribution < -0.4 is 16.0 Å². The molecule has 2 aromatic rings. The molecule has 1 aliphatic rings. The molecule has 9 heteroatoms. The van der Waals surface area contributed by atoms with Crippen LogP contribution >= 0.6 is 23.5 Å². The number of ether oxygens (including phenoxy) is 2. The van der Waals surface area contributed by atoms with E-state index in [2.05, 4.69) is 36.4 Å². The molecule has 3 rings (SSSR count). The molecule has 0 aromatic heterocycles. The first-order valence-electron chi connectivity index (χ1n) is 16.6. The van der Waals surface area contributed by atoms with Crippen LogP contribution in [0.2, 0.25) is 0 Å². The van der Waals surface area contributed by atoms with Crippen molar-refractivity contribution in [2.45, 2.75) is 105 Å². The first-order valence-corrected chi connectivity index (χ1v) is 18.9. The molecular formula is C37H61N3O4S2. The fourth-order valence-corrected chi connectivity index (χ4v) is 5.86. The molecule has 2 unspecified atom stereocenters. The van der Waals surface area contributed by atoms with E-state index < -0.39 is 5.60 Å². The molecule has 0 spiro atoms. The van der Waals surface area contributed by atoms with Crippen molar-refractivity contribution in [2.75, 3.05) is 37.5 Å². The largest absolute Gasteiger partial charge is 0.500 e. The summed E-state index contributed by atoms with van der Waals surface area (Å²) in [7, 11) is 1.58. The minimum absolute atomic E-state index is 0.163. The Kier molecular flexibility index (Phi) is 23.1.